The molecule has 0 aliphatic rings. The average Bonchev–Trinajstić information content (AvgIpc) is 2.89. The summed E-state index contributed by atoms with van der Waals surface area (Å²) in [6.45, 7) is 4.83. The molecule has 0 atom stereocenters. The second kappa shape index (κ2) is 6.52. The highest BCUT2D eigenvalue weighted by Gasteiger charge is 2.07. The van der Waals surface area contributed by atoms with Crippen molar-refractivity contribution in [1.82, 2.24) is 9.88 Å². The second-order valence-corrected chi connectivity index (χ2v) is 6.96. The van der Waals surface area contributed by atoms with Crippen molar-refractivity contribution >= 4 is 39.4 Å². The van der Waals surface area contributed by atoms with Gasteiger partial charge in [-0.3, -0.25) is 4.90 Å². The molecular formula is C12H16ClN3S2. The molecule has 0 saturated carbocycles. The number of nitrogens with zero attached hydrogens (tertiary/aromatic N) is 2. The van der Waals surface area contributed by atoms with Crippen molar-refractivity contribution in [2.24, 2.45) is 0 Å². The van der Waals surface area contributed by atoms with Crippen molar-refractivity contribution in [3.63, 3.8) is 0 Å². The highest BCUT2D eigenvalue weighted by molar-refractivity contribution is 7.16. The third kappa shape index (κ3) is 3.95. The largest absolute Gasteiger partial charge is 0.362 e. The summed E-state index contributed by atoms with van der Waals surface area (Å²) in [6, 6.07) is 4.03. The molecule has 1 N–H and O–H groups in total. The summed E-state index contributed by atoms with van der Waals surface area (Å²) in [4.78, 5) is 9.17. The SMILES string of the molecule is CCNc1ncc(CN(C)Cc2ccc(Cl)s2)s1. The van der Waals surface area contributed by atoms with E-state index in [1.165, 1.54) is 9.75 Å². The maximum Gasteiger partial charge on any atom is 0.182 e. The smallest absolute Gasteiger partial charge is 0.182 e. The molecule has 2 rings (SSSR count). The standard InChI is InChI=1S/C12H16ClN3S2/c1-3-14-12-15-6-10(18-12)8-16(2)7-9-4-5-11(13)17-9/h4-6H,3,7-8H2,1-2H3,(H,14,15). The zero-order chi connectivity index (χ0) is 13.0. The van der Waals surface area contributed by atoms with Crippen LogP contribution in [-0.4, -0.2) is 23.5 Å². The number of halogens is 1. The number of rotatable bonds is 6. The molecule has 0 fully saturated rings. The fraction of sp³-hybridized carbons (Fsp3) is 0.417. The Kier molecular flexibility index (Phi) is 5.00. The Hall–Kier alpha value is -0.620. The lowest BCUT2D eigenvalue weighted by molar-refractivity contribution is 0.325. The van der Waals surface area contributed by atoms with Crippen LogP contribution in [0.1, 0.15) is 16.7 Å². The van der Waals surface area contributed by atoms with Crippen LogP contribution in [0.25, 0.3) is 0 Å². The van der Waals surface area contributed by atoms with Crippen molar-refractivity contribution in [2.75, 3.05) is 18.9 Å². The van der Waals surface area contributed by atoms with Crippen molar-refractivity contribution in [3.05, 3.63) is 32.4 Å². The fourth-order valence-electron chi connectivity index (χ4n) is 1.64. The van der Waals surface area contributed by atoms with E-state index in [9.17, 15) is 0 Å². The monoisotopic (exact) mass is 301 g/mol. The summed E-state index contributed by atoms with van der Waals surface area (Å²) in [5.74, 6) is 0. The molecule has 0 amide bonds. The van der Waals surface area contributed by atoms with E-state index in [1.54, 1.807) is 22.7 Å². The zero-order valence-corrected chi connectivity index (χ0v) is 12.8. The Labute approximate surface area is 120 Å². The molecule has 0 saturated heterocycles. The van der Waals surface area contributed by atoms with Gasteiger partial charge in [-0.05, 0) is 26.1 Å². The molecule has 0 radical (unpaired) electrons. The number of anilines is 1. The number of hydrogen-bond donors (Lipinski definition) is 1. The minimum atomic E-state index is 0.852. The summed E-state index contributed by atoms with van der Waals surface area (Å²) in [7, 11) is 2.11. The van der Waals surface area contributed by atoms with Gasteiger partial charge in [0.25, 0.3) is 0 Å². The van der Waals surface area contributed by atoms with Crippen molar-refractivity contribution in [1.29, 1.82) is 0 Å². The van der Waals surface area contributed by atoms with Crippen LogP contribution in [0.4, 0.5) is 5.13 Å². The Bertz CT molecular complexity index is 495. The Balaban J connectivity index is 1.88. The molecule has 2 aromatic heterocycles. The molecule has 2 aromatic rings. The van der Waals surface area contributed by atoms with E-state index in [4.69, 9.17) is 11.6 Å². The van der Waals surface area contributed by atoms with Crippen molar-refractivity contribution in [3.8, 4) is 0 Å². The average molecular weight is 302 g/mol. The van der Waals surface area contributed by atoms with E-state index in [-0.39, 0.29) is 0 Å². The summed E-state index contributed by atoms with van der Waals surface area (Å²) in [5.41, 5.74) is 0. The van der Waals surface area contributed by atoms with Crippen LogP contribution in [0.3, 0.4) is 0 Å². The van der Waals surface area contributed by atoms with Gasteiger partial charge in [-0.1, -0.05) is 11.6 Å². The molecule has 0 bridgehead atoms. The van der Waals surface area contributed by atoms with Gasteiger partial charge in [-0.25, -0.2) is 4.98 Å². The van der Waals surface area contributed by atoms with E-state index in [0.29, 0.717) is 0 Å². The van der Waals surface area contributed by atoms with Crippen LogP contribution in [0.2, 0.25) is 4.34 Å². The molecule has 0 aliphatic carbocycles. The molecule has 3 nitrogen and oxygen atoms in total. The molecule has 6 heteroatoms. The number of thiophene rings is 1. The third-order valence-corrected chi connectivity index (χ3v) is 4.52. The highest BCUT2D eigenvalue weighted by atomic mass is 35.5. The van der Waals surface area contributed by atoms with Gasteiger partial charge in [0.15, 0.2) is 5.13 Å². The first kappa shape index (κ1) is 13.8. The van der Waals surface area contributed by atoms with Crippen LogP contribution < -0.4 is 5.32 Å². The summed E-state index contributed by atoms with van der Waals surface area (Å²) >= 11 is 9.28. The van der Waals surface area contributed by atoms with Gasteiger partial charge in [-0.15, -0.1) is 22.7 Å². The maximum absolute atomic E-state index is 5.93. The minimum Gasteiger partial charge on any atom is -0.362 e. The normalized spacial score (nSPS) is 11.1. The quantitative estimate of drug-likeness (QED) is 0.876. The summed E-state index contributed by atoms with van der Waals surface area (Å²) < 4.78 is 0.852. The van der Waals surface area contributed by atoms with Gasteiger partial charge < -0.3 is 5.32 Å². The molecule has 2 heterocycles. The van der Waals surface area contributed by atoms with Crippen molar-refractivity contribution < 1.29 is 0 Å². The molecule has 18 heavy (non-hydrogen) atoms. The fourth-order valence-corrected chi connectivity index (χ4v) is 3.77. The lowest BCUT2D eigenvalue weighted by Gasteiger charge is -2.13. The predicted molar refractivity (Wildman–Crippen MR) is 80.8 cm³/mol. The molecule has 98 valence electrons. The van der Waals surface area contributed by atoms with Gasteiger partial charge in [-0.2, -0.15) is 0 Å². The summed E-state index contributed by atoms with van der Waals surface area (Å²) in [5, 5.41) is 4.23. The lowest BCUT2D eigenvalue weighted by Crippen LogP contribution is -2.15. The Morgan fingerprint density at radius 1 is 1.28 bits per heavy atom. The summed E-state index contributed by atoms with van der Waals surface area (Å²) in [6.07, 6.45) is 1.95. The number of thiazole rings is 1. The third-order valence-electron chi connectivity index (χ3n) is 2.36. The van der Waals surface area contributed by atoms with Gasteiger partial charge in [0.05, 0.1) is 4.34 Å². The number of hydrogen-bond acceptors (Lipinski definition) is 5. The van der Waals surface area contributed by atoms with E-state index in [1.807, 2.05) is 12.3 Å². The van der Waals surface area contributed by atoms with E-state index >= 15 is 0 Å². The van der Waals surface area contributed by atoms with Crippen LogP contribution >= 0.6 is 34.3 Å². The molecule has 0 unspecified atom stereocenters. The Morgan fingerprint density at radius 2 is 2.06 bits per heavy atom. The van der Waals surface area contributed by atoms with Gasteiger partial charge in [0.1, 0.15) is 0 Å². The first-order valence-electron chi connectivity index (χ1n) is 5.78. The topological polar surface area (TPSA) is 28.2 Å². The van der Waals surface area contributed by atoms with Crippen LogP contribution in [0, 0.1) is 0 Å². The molecular weight excluding hydrogens is 286 g/mol. The minimum absolute atomic E-state index is 0.852. The van der Waals surface area contributed by atoms with E-state index in [0.717, 1.165) is 29.1 Å². The van der Waals surface area contributed by atoms with Crippen LogP contribution in [0.5, 0.6) is 0 Å². The Morgan fingerprint density at radius 3 is 2.72 bits per heavy atom. The first-order chi connectivity index (χ1) is 8.67. The van der Waals surface area contributed by atoms with Gasteiger partial charge in [0, 0.05) is 35.6 Å². The predicted octanol–water partition coefficient (Wildman–Crippen LogP) is 3.92. The maximum atomic E-state index is 5.93. The van der Waals surface area contributed by atoms with Gasteiger partial charge >= 0.3 is 0 Å². The van der Waals surface area contributed by atoms with Gasteiger partial charge in [0.2, 0.25) is 0 Å². The van der Waals surface area contributed by atoms with Crippen LogP contribution in [0.15, 0.2) is 18.3 Å². The van der Waals surface area contributed by atoms with Crippen LogP contribution in [-0.2, 0) is 13.1 Å². The van der Waals surface area contributed by atoms with E-state index < -0.39 is 0 Å². The first-order valence-corrected chi connectivity index (χ1v) is 7.80. The number of nitrogens with one attached hydrogen (secondary N) is 1. The highest BCUT2D eigenvalue weighted by Crippen LogP contribution is 2.24. The lowest BCUT2D eigenvalue weighted by atomic mass is 10.4. The molecule has 0 aromatic carbocycles. The second-order valence-electron chi connectivity index (χ2n) is 4.04. The van der Waals surface area contributed by atoms with E-state index in [2.05, 4.69) is 35.2 Å². The van der Waals surface area contributed by atoms with Crippen molar-refractivity contribution in [2.45, 2.75) is 20.0 Å². The molecule has 0 spiro atoms. The number of aromatic nitrogens is 1. The zero-order valence-electron chi connectivity index (χ0n) is 10.4. The molecule has 0 aliphatic heterocycles.